The molecule has 0 saturated heterocycles. The van der Waals surface area contributed by atoms with Crippen molar-refractivity contribution in [3.8, 4) is 0 Å². The highest BCUT2D eigenvalue weighted by atomic mass is 16.5. The predicted molar refractivity (Wildman–Crippen MR) is 79.5 cm³/mol. The standard InChI is InChI=1S/C17H26O2/c1-6-19-17(18)16-14(10-12(2)3)8-7-9-15(16)11-13(4)5/h7-9,12-13H,6,10-11H2,1-5H3. The van der Waals surface area contributed by atoms with E-state index in [1.807, 2.05) is 6.92 Å². The zero-order chi connectivity index (χ0) is 14.4. The van der Waals surface area contributed by atoms with Gasteiger partial charge in [0.2, 0.25) is 0 Å². The fourth-order valence-electron chi connectivity index (χ4n) is 2.34. The molecule has 0 atom stereocenters. The summed E-state index contributed by atoms with van der Waals surface area (Å²) in [6.07, 6.45) is 1.83. The molecule has 0 amide bonds. The van der Waals surface area contributed by atoms with Crippen LogP contribution in [-0.2, 0) is 17.6 Å². The quantitative estimate of drug-likeness (QED) is 0.716. The van der Waals surface area contributed by atoms with Crippen LogP contribution in [0.25, 0.3) is 0 Å². The van der Waals surface area contributed by atoms with Crippen LogP contribution in [0, 0.1) is 11.8 Å². The Kier molecular flexibility index (Phi) is 6.07. The molecule has 0 aliphatic carbocycles. The molecule has 0 saturated carbocycles. The molecule has 2 heteroatoms. The summed E-state index contributed by atoms with van der Waals surface area (Å²) in [4.78, 5) is 12.2. The smallest absolute Gasteiger partial charge is 0.338 e. The van der Waals surface area contributed by atoms with Crippen molar-refractivity contribution >= 4 is 5.97 Å². The number of carbonyl (C=O) groups is 1. The highest BCUT2D eigenvalue weighted by Gasteiger charge is 2.18. The highest BCUT2D eigenvalue weighted by molar-refractivity contribution is 5.92. The summed E-state index contributed by atoms with van der Waals surface area (Å²) in [6, 6.07) is 6.16. The molecule has 1 rings (SSSR count). The first kappa shape index (κ1) is 15.7. The van der Waals surface area contributed by atoms with Crippen LogP contribution in [0.1, 0.15) is 56.1 Å². The molecule has 0 fully saturated rings. The van der Waals surface area contributed by atoms with Crippen molar-refractivity contribution in [1.82, 2.24) is 0 Å². The fraction of sp³-hybridized carbons (Fsp3) is 0.588. The van der Waals surface area contributed by atoms with Crippen molar-refractivity contribution in [1.29, 1.82) is 0 Å². The minimum absolute atomic E-state index is 0.172. The van der Waals surface area contributed by atoms with Crippen LogP contribution >= 0.6 is 0 Å². The Bertz CT molecular complexity index is 391. The molecule has 0 radical (unpaired) electrons. The van der Waals surface area contributed by atoms with Gasteiger partial charge < -0.3 is 4.74 Å². The summed E-state index contributed by atoms with van der Waals surface area (Å²) >= 11 is 0. The maximum atomic E-state index is 12.2. The van der Waals surface area contributed by atoms with Crippen LogP contribution in [0.3, 0.4) is 0 Å². The van der Waals surface area contributed by atoms with E-state index in [9.17, 15) is 4.79 Å². The van der Waals surface area contributed by atoms with Crippen LogP contribution in [-0.4, -0.2) is 12.6 Å². The molecule has 2 nitrogen and oxygen atoms in total. The summed E-state index contributed by atoms with van der Waals surface area (Å²) < 4.78 is 5.23. The maximum Gasteiger partial charge on any atom is 0.338 e. The van der Waals surface area contributed by atoms with E-state index in [2.05, 4.69) is 45.9 Å². The molecule has 0 aliphatic rings. The lowest BCUT2D eigenvalue weighted by atomic mass is 9.90. The minimum atomic E-state index is -0.172. The number of benzene rings is 1. The summed E-state index contributed by atoms with van der Waals surface area (Å²) in [5.74, 6) is 0.888. The predicted octanol–water partition coefficient (Wildman–Crippen LogP) is 4.26. The second-order valence-electron chi connectivity index (χ2n) is 5.87. The average Bonchev–Trinajstić information content (AvgIpc) is 2.27. The van der Waals surface area contributed by atoms with Crippen molar-refractivity contribution < 1.29 is 9.53 Å². The number of carbonyl (C=O) groups excluding carboxylic acids is 1. The van der Waals surface area contributed by atoms with E-state index in [1.165, 1.54) is 0 Å². The molecule has 1 aromatic carbocycles. The van der Waals surface area contributed by atoms with Crippen LogP contribution in [0.4, 0.5) is 0 Å². The van der Waals surface area contributed by atoms with Crippen molar-refractivity contribution in [2.45, 2.75) is 47.5 Å². The zero-order valence-electron chi connectivity index (χ0n) is 12.8. The summed E-state index contributed by atoms with van der Waals surface area (Å²) in [5.41, 5.74) is 3.03. The van der Waals surface area contributed by atoms with Gasteiger partial charge in [0.1, 0.15) is 0 Å². The number of ether oxygens (including phenoxy) is 1. The Balaban J connectivity index is 3.19. The second-order valence-corrected chi connectivity index (χ2v) is 5.87. The maximum absolute atomic E-state index is 12.2. The van der Waals surface area contributed by atoms with E-state index in [-0.39, 0.29) is 5.97 Å². The fourth-order valence-corrected chi connectivity index (χ4v) is 2.34. The molecular weight excluding hydrogens is 236 g/mol. The van der Waals surface area contributed by atoms with Gasteiger partial charge in [0.25, 0.3) is 0 Å². The van der Waals surface area contributed by atoms with E-state index in [1.54, 1.807) is 0 Å². The minimum Gasteiger partial charge on any atom is -0.462 e. The molecule has 0 N–H and O–H groups in total. The monoisotopic (exact) mass is 262 g/mol. The molecule has 0 heterocycles. The van der Waals surface area contributed by atoms with E-state index < -0.39 is 0 Å². The topological polar surface area (TPSA) is 26.3 Å². The molecule has 19 heavy (non-hydrogen) atoms. The second kappa shape index (κ2) is 7.32. The van der Waals surface area contributed by atoms with Gasteiger partial charge in [0, 0.05) is 0 Å². The molecule has 0 bridgehead atoms. The largest absolute Gasteiger partial charge is 0.462 e. The molecule has 0 aliphatic heterocycles. The van der Waals surface area contributed by atoms with Crippen LogP contribution in [0.15, 0.2) is 18.2 Å². The van der Waals surface area contributed by atoms with Gasteiger partial charge in [0.05, 0.1) is 12.2 Å². The van der Waals surface area contributed by atoms with Crippen molar-refractivity contribution in [3.63, 3.8) is 0 Å². The molecular formula is C17H26O2. The van der Waals surface area contributed by atoms with Gasteiger partial charge in [-0.25, -0.2) is 4.79 Å². The third kappa shape index (κ3) is 4.70. The van der Waals surface area contributed by atoms with E-state index in [4.69, 9.17) is 4.74 Å². The van der Waals surface area contributed by atoms with E-state index >= 15 is 0 Å². The molecule has 0 spiro atoms. The van der Waals surface area contributed by atoms with Crippen molar-refractivity contribution in [2.24, 2.45) is 11.8 Å². The van der Waals surface area contributed by atoms with Crippen molar-refractivity contribution in [3.05, 3.63) is 34.9 Å². The molecule has 1 aromatic rings. The van der Waals surface area contributed by atoms with Gasteiger partial charge in [0.15, 0.2) is 0 Å². The first-order chi connectivity index (χ1) is 8.95. The van der Waals surface area contributed by atoms with Gasteiger partial charge in [-0.15, -0.1) is 0 Å². The Morgan fingerprint density at radius 2 is 1.53 bits per heavy atom. The summed E-state index contributed by atoms with van der Waals surface area (Å²) in [6.45, 7) is 11.0. The van der Waals surface area contributed by atoms with Gasteiger partial charge in [-0.3, -0.25) is 0 Å². The molecule has 0 aromatic heterocycles. The van der Waals surface area contributed by atoms with Crippen LogP contribution < -0.4 is 0 Å². The normalized spacial score (nSPS) is 11.1. The summed E-state index contributed by atoms with van der Waals surface area (Å²) in [5, 5.41) is 0. The summed E-state index contributed by atoms with van der Waals surface area (Å²) in [7, 11) is 0. The number of hydrogen-bond donors (Lipinski definition) is 0. The highest BCUT2D eigenvalue weighted by Crippen LogP contribution is 2.22. The van der Waals surface area contributed by atoms with Crippen molar-refractivity contribution in [2.75, 3.05) is 6.61 Å². The van der Waals surface area contributed by atoms with Gasteiger partial charge >= 0.3 is 5.97 Å². The lowest BCUT2D eigenvalue weighted by Crippen LogP contribution is -2.14. The number of hydrogen-bond acceptors (Lipinski definition) is 2. The van der Waals surface area contributed by atoms with Gasteiger partial charge in [-0.2, -0.15) is 0 Å². The first-order valence-electron chi connectivity index (χ1n) is 7.23. The van der Waals surface area contributed by atoms with E-state index in [0.717, 1.165) is 29.5 Å². The zero-order valence-corrected chi connectivity index (χ0v) is 12.8. The third-order valence-electron chi connectivity index (χ3n) is 2.97. The molecule has 106 valence electrons. The first-order valence-corrected chi connectivity index (χ1v) is 7.23. The lowest BCUT2D eigenvalue weighted by molar-refractivity contribution is 0.0523. The number of rotatable bonds is 6. The average molecular weight is 262 g/mol. The Morgan fingerprint density at radius 3 is 1.89 bits per heavy atom. The van der Waals surface area contributed by atoms with Gasteiger partial charge in [-0.1, -0.05) is 45.9 Å². The molecule has 0 unspecified atom stereocenters. The SMILES string of the molecule is CCOC(=O)c1c(CC(C)C)cccc1CC(C)C. The Hall–Kier alpha value is -1.31. The van der Waals surface area contributed by atoms with E-state index in [0.29, 0.717) is 18.4 Å². The van der Waals surface area contributed by atoms with Crippen LogP contribution in [0.2, 0.25) is 0 Å². The Morgan fingerprint density at radius 1 is 1.05 bits per heavy atom. The van der Waals surface area contributed by atoms with Crippen LogP contribution in [0.5, 0.6) is 0 Å². The third-order valence-corrected chi connectivity index (χ3v) is 2.97. The Labute approximate surface area is 117 Å². The number of esters is 1. The lowest BCUT2D eigenvalue weighted by Gasteiger charge is -2.16. The van der Waals surface area contributed by atoms with Gasteiger partial charge in [-0.05, 0) is 42.7 Å².